The largest absolute Gasteiger partial charge is 0.0584 e. The van der Waals surface area contributed by atoms with Crippen LogP contribution in [0.4, 0.5) is 0 Å². The Bertz CT molecular complexity index is 650. The van der Waals surface area contributed by atoms with Crippen LogP contribution < -0.4 is 0 Å². The first-order valence-corrected chi connectivity index (χ1v) is 9.03. The molecule has 9 aliphatic carbocycles. The van der Waals surface area contributed by atoms with Gasteiger partial charge in [0.25, 0.3) is 0 Å². The lowest BCUT2D eigenvalue weighted by atomic mass is 9.62. The van der Waals surface area contributed by atoms with E-state index in [2.05, 4.69) is 48.5 Å². The van der Waals surface area contributed by atoms with Crippen LogP contribution in [0.15, 0.2) is 48.5 Å². The van der Waals surface area contributed by atoms with Gasteiger partial charge in [0, 0.05) is 0 Å². The minimum Gasteiger partial charge on any atom is -0.0584 e. The smallest absolute Gasteiger partial charge is 0.0157 e. The van der Waals surface area contributed by atoms with Gasteiger partial charge < -0.3 is 0 Å². The van der Waals surface area contributed by atoms with Crippen LogP contribution in [0, 0.1) is 17.8 Å². The van der Waals surface area contributed by atoms with Crippen molar-refractivity contribution < 1.29 is 0 Å². The molecule has 2 aromatic carbocycles. The molecule has 0 heterocycles. The highest BCUT2D eigenvalue weighted by molar-refractivity contribution is 5.64. The molecule has 0 aliphatic heterocycles. The summed E-state index contributed by atoms with van der Waals surface area (Å²) in [5.41, 5.74) is 5.86. The molecule has 0 N–H and O–H groups in total. The highest BCUT2D eigenvalue weighted by atomic mass is 14.4. The molecule has 22 heavy (non-hydrogen) atoms. The molecule has 2 fully saturated rings. The normalized spacial score (nSPS) is 32.4. The molecular formula is C22H24. The molecule has 0 amide bonds. The maximum absolute atomic E-state index is 2.40. The van der Waals surface area contributed by atoms with E-state index < -0.39 is 0 Å². The lowest BCUT2D eigenvalue weighted by Crippen LogP contribution is -2.31. The summed E-state index contributed by atoms with van der Waals surface area (Å²) in [6.07, 6.45) is 8.60. The Morgan fingerprint density at radius 1 is 0.545 bits per heavy atom. The first-order chi connectivity index (χ1) is 10.8. The molecule has 0 radical (unpaired) electrons. The van der Waals surface area contributed by atoms with Crippen molar-refractivity contribution in [1.82, 2.24) is 0 Å². The Morgan fingerprint density at radius 3 is 1.73 bits per heavy atom. The van der Waals surface area contributed by atoms with Gasteiger partial charge in [-0.3, -0.25) is 0 Å². The minimum absolute atomic E-state index is 0.822. The number of hydrogen-bond acceptors (Lipinski definition) is 0. The molecule has 0 spiro atoms. The van der Waals surface area contributed by atoms with Gasteiger partial charge in [0.05, 0.1) is 0 Å². The Morgan fingerprint density at radius 2 is 1.09 bits per heavy atom. The molecule has 0 aromatic heterocycles. The molecule has 2 saturated carbocycles. The molecule has 9 aliphatic rings. The van der Waals surface area contributed by atoms with Crippen LogP contribution in [0.1, 0.15) is 49.1 Å². The van der Waals surface area contributed by atoms with Gasteiger partial charge in [-0.1, -0.05) is 48.5 Å². The van der Waals surface area contributed by atoms with E-state index in [-0.39, 0.29) is 0 Å². The molecule has 2 unspecified atom stereocenters. The molecular weight excluding hydrogens is 264 g/mol. The second-order valence-corrected chi connectivity index (χ2v) is 8.00. The fourth-order valence-corrected chi connectivity index (χ4v) is 5.54. The third kappa shape index (κ3) is 2.20. The summed E-state index contributed by atoms with van der Waals surface area (Å²) in [7, 11) is 0. The summed E-state index contributed by atoms with van der Waals surface area (Å²) >= 11 is 0. The first kappa shape index (κ1) is 12.9. The second-order valence-electron chi connectivity index (χ2n) is 8.00. The van der Waals surface area contributed by atoms with Gasteiger partial charge in [0.1, 0.15) is 0 Å². The SMILES string of the molecule is c1cc2ccc1CC1CC3CC(C1)CC(C3)c1ccc-2cc1. The molecule has 0 nitrogen and oxygen atoms in total. The Labute approximate surface area is 133 Å². The van der Waals surface area contributed by atoms with E-state index in [0.29, 0.717) is 0 Å². The number of rotatable bonds is 0. The van der Waals surface area contributed by atoms with Gasteiger partial charge in [-0.05, 0) is 84.5 Å². The van der Waals surface area contributed by atoms with Crippen molar-refractivity contribution in [3.8, 4) is 11.1 Å². The molecule has 11 rings (SSSR count). The van der Waals surface area contributed by atoms with Gasteiger partial charge in [-0.25, -0.2) is 0 Å². The van der Waals surface area contributed by atoms with E-state index in [1.807, 2.05) is 0 Å². The summed E-state index contributed by atoms with van der Waals surface area (Å²) in [6, 6.07) is 18.8. The molecule has 2 atom stereocenters. The second kappa shape index (κ2) is 4.98. The van der Waals surface area contributed by atoms with E-state index in [9.17, 15) is 0 Å². The monoisotopic (exact) mass is 288 g/mol. The Balaban J connectivity index is 1.62. The van der Waals surface area contributed by atoms with E-state index in [4.69, 9.17) is 0 Å². The zero-order valence-electron chi connectivity index (χ0n) is 13.2. The molecule has 8 bridgehead atoms. The Kier molecular flexibility index (Phi) is 2.93. The van der Waals surface area contributed by atoms with Crippen LogP contribution in [-0.2, 0) is 6.42 Å². The average Bonchev–Trinajstić information content (AvgIpc) is 2.54. The van der Waals surface area contributed by atoms with Crippen molar-refractivity contribution >= 4 is 0 Å². The van der Waals surface area contributed by atoms with E-state index >= 15 is 0 Å². The summed E-state index contributed by atoms with van der Waals surface area (Å²) in [5, 5.41) is 0. The van der Waals surface area contributed by atoms with Gasteiger partial charge in [-0.2, -0.15) is 0 Å². The lowest BCUT2D eigenvalue weighted by Gasteiger charge is -2.43. The topological polar surface area (TPSA) is 0 Å². The lowest BCUT2D eigenvalue weighted by molar-refractivity contribution is 0.122. The van der Waals surface area contributed by atoms with Crippen LogP contribution >= 0.6 is 0 Å². The average molecular weight is 288 g/mol. The summed E-state index contributed by atoms with van der Waals surface area (Å²) < 4.78 is 0. The summed E-state index contributed by atoms with van der Waals surface area (Å²) in [5.74, 6) is 3.70. The standard InChI is InChI=1S/C22H24/c1-3-19-4-2-15(1)9-16-10-17-12-18(11-16)14-22(13-17)21-7-5-20(19)6-8-21/h1-8,16-18,22H,9-14H2. The predicted molar refractivity (Wildman–Crippen MR) is 91.9 cm³/mol. The van der Waals surface area contributed by atoms with Crippen molar-refractivity contribution in [3.63, 3.8) is 0 Å². The van der Waals surface area contributed by atoms with E-state index in [0.717, 1.165) is 23.7 Å². The quantitative estimate of drug-likeness (QED) is 0.573. The van der Waals surface area contributed by atoms with Crippen molar-refractivity contribution in [2.45, 2.75) is 44.4 Å². The number of benzene rings is 2. The molecule has 0 heteroatoms. The Hall–Kier alpha value is -1.56. The van der Waals surface area contributed by atoms with Crippen molar-refractivity contribution in [1.29, 1.82) is 0 Å². The maximum Gasteiger partial charge on any atom is -0.0157 e. The third-order valence-corrected chi connectivity index (χ3v) is 6.43. The van der Waals surface area contributed by atoms with Crippen molar-refractivity contribution in [2.75, 3.05) is 0 Å². The zero-order valence-corrected chi connectivity index (χ0v) is 13.2. The highest BCUT2D eigenvalue weighted by Crippen LogP contribution is 2.49. The molecule has 2 aromatic rings. The van der Waals surface area contributed by atoms with Crippen LogP contribution in [-0.4, -0.2) is 0 Å². The molecule has 112 valence electrons. The third-order valence-electron chi connectivity index (χ3n) is 6.43. The minimum atomic E-state index is 0.822. The highest BCUT2D eigenvalue weighted by Gasteiger charge is 2.36. The summed E-state index contributed by atoms with van der Waals surface area (Å²) in [4.78, 5) is 0. The zero-order chi connectivity index (χ0) is 14.5. The van der Waals surface area contributed by atoms with Crippen LogP contribution in [0.25, 0.3) is 11.1 Å². The fraction of sp³-hybridized carbons (Fsp3) is 0.455. The predicted octanol–water partition coefficient (Wildman–Crippen LogP) is 5.82. The summed E-state index contributed by atoms with van der Waals surface area (Å²) in [6.45, 7) is 0. The van der Waals surface area contributed by atoms with Gasteiger partial charge in [0.15, 0.2) is 0 Å². The van der Waals surface area contributed by atoms with Gasteiger partial charge in [-0.15, -0.1) is 0 Å². The van der Waals surface area contributed by atoms with Gasteiger partial charge in [0.2, 0.25) is 0 Å². The maximum atomic E-state index is 2.40. The van der Waals surface area contributed by atoms with Crippen LogP contribution in [0.3, 0.4) is 0 Å². The molecule has 0 saturated heterocycles. The fourth-order valence-electron chi connectivity index (χ4n) is 5.54. The van der Waals surface area contributed by atoms with Crippen molar-refractivity contribution in [2.24, 2.45) is 17.8 Å². The van der Waals surface area contributed by atoms with Crippen molar-refractivity contribution in [3.05, 3.63) is 59.7 Å². The van der Waals surface area contributed by atoms with Crippen LogP contribution in [0.5, 0.6) is 0 Å². The van der Waals surface area contributed by atoms with Gasteiger partial charge >= 0.3 is 0 Å². The van der Waals surface area contributed by atoms with E-state index in [1.165, 1.54) is 49.7 Å². The first-order valence-electron chi connectivity index (χ1n) is 9.03. The van der Waals surface area contributed by atoms with Crippen LogP contribution in [0.2, 0.25) is 0 Å². The van der Waals surface area contributed by atoms with E-state index in [1.54, 1.807) is 11.1 Å². The number of hydrogen-bond donors (Lipinski definition) is 0.